The van der Waals surface area contributed by atoms with Crippen molar-refractivity contribution in [1.29, 1.82) is 0 Å². The average molecular weight is 266 g/mol. The Bertz CT molecular complexity index is 359. The van der Waals surface area contributed by atoms with Gasteiger partial charge in [-0.25, -0.2) is 0 Å². The minimum atomic E-state index is -0.483. The van der Waals surface area contributed by atoms with E-state index in [-0.39, 0.29) is 12.5 Å². The van der Waals surface area contributed by atoms with E-state index in [0.717, 1.165) is 17.8 Å². The lowest BCUT2D eigenvalue weighted by molar-refractivity contribution is -0.730. The van der Waals surface area contributed by atoms with Crippen LogP contribution in [0.5, 0.6) is 0 Å². The van der Waals surface area contributed by atoms with Gasteiger partial charge in [0.2, 0.25) is 5.91 Å². The minimum Gasteiger partial charge on any atom is -0.368 e. The van der Waals surface area contributed by atoms with Crippen LogP contribution in [0, 0.1) is 17.8 Å². The molecule has 0 aromatic heterocycles. The summed E-state index contributed by atoms with van der Waals surface area (Å²) in [4.78, 5) is 22.3. The lowest BCUT2D eigenvalue weighted by Gasteiger charge is -2.54. The molecule has 106 valence electrons. The number of amides is 2. The van der Waals surface area contributed by atoms with Crippen molar-refractivity contribution >= 4 is 11.8 Å². The van der Waals surface area contributed by atoms with Crippen LogP contribution in [0.1, 0.15) is 38.5 Å². The van der Waals surface area contributed by atoms with Gasteiger partial charge in [0, 0.05) is 19.3 Å². The molecule has 4 saturated carbocycles. The van der Waals surface area contributed by atoms with E-state index in [9.17, 15) is 9.59 Å². The summed E-state index contributed by atoms with van der Waals surface area (Å²) in [5.74, 6) is 2.14. The van der Waals surface area contributed by atoms with E-state index >= 15 is 0 Å². The molecule has 4 bridgehead atoms. The van der Waals surface area contributed by atoms with Crippen LogP contribution in [0.3, 0.4) is 0 Å². The summed E-state index contributed by atoms with van der Waals surface area (Å²) < 4.78 is 0. The molecule has 4 fully saturated rings. The third kappa shape index (κ3) is 2.76. The fourth-order valence-electron chi connectivity index (χ4n) is 4.99. The molecule has 0 aromatic carbocycles. The first kappa shape index (κ1) is 12.9. The molecule has 0 unspecified atom stereocenters. The quantitative estimate of drug-likeness (QED) is 0.603. The third-order valence-electron chi connectivity index (χ3n) is 5.27. The van der Waals surface area contributed by atoms with Gasteiger partial charge in [-0.15, -0.1) is 0 Å². The molecule has 0 radical (unpaired) electrons. The number of carbonyl (C=O) groups is 2. The Morgan fingerprint density at radius 2 is 1.63 bits per heavy atom. The molecule has 0 saturated heterocycles. The lowest BCUT2D eigenvalue weighted by atomic mass is 9.53. The van der Waals surface area contributed by atoms with Gasteiger partial charge in [0.15, 0.2) is 6.54 Å². The Hall–Kier alpha value is -1.10. The van der Waals surface area contributed by atoms with Crippen LogP contribution < -0.4 is 16.4 Å². The van der Waals surface area contributed by atoms with Gasteiger partial charge in [-0.1, -0.05) is 0 Å². The molecule has 0 spiro atoms. The highest BCUT2D eigenvalue weighted by Crippen LogP contribution is 2.54. The van der Waals surface area contributed by atoms with E-state index in [1.807, 2.05) is 0 Å². The largest absolute Gasteiger partial charge is 0.368 e. The van der Waals surface area contributed by atoms with Crippen molar-refractivity contribution in [2.45, 2.75) is 44.1 Å². The Balaban J connectivity index is 1.52. The molecule has 5 nitrogen and oxygen atoms in total. The maximum absolute atomic E-state index is 11.7. The fraction of sp³-hybridized carbons (Fsp3) is 0.857. The number of hydrogen-bond acceptors (Lipinski definition) is 2. The number of nitrogens with two attached hydrogens (primary N) is 2. The normalized spacial score (nSPS) is 39.3. The maximum Gasteiger partial charge on any atom is 0.275 e. The zero-order valence-corrected chi connectivity index (χ0v) is 11.4. The van der Waals surface area contributed by atoms with Gasteiger partial charge in [0.1, 0.15) is 0 Å². The van der Waals surface area contributed by atoms with Gasteiger partial charge >= 0.3 is 0 Å². The summed E-state index contributed by atoms with van der Waals surface area (Å²) in [7, 11) is 0. The topological polar surface area (TPSA) is 88.8 Å². The van der Waals surface area contributed by atoms with Gasteiger partial charge in [-0.2, -0.15) is 0 Å². The molecule has 0 atom stereocenters. The number of carbonyl (C=O) groups excluding carboxylic acids is 2. The SMILES string of the molecule is NC(=O)CNC(=O)C[NH2+]C12CC3CC(CC(C3)C1)C2. The monoisotopic (exact) mass is 266 g/mol. The first-order valence-electron chi connectivity index (χ1n) is 7.44. The number of quaternary nitrogens is 1. The van der Waals surface area contributed by atoms with Crippen LogP contribution in [0.4, 0.5) is 0 Å². The number of nitrogens with one attached hydrogen (secondary N) is 1. The third-order valence-corrected chi connectivity index (χ3v) is 5.27. The Morgan fingerprint density at radius 3 is 2.11 bits per heavy atom. The van der Waals surface area contributed by atoms with E-state index in [0.29, 0.717) is 12.1 Å². The van der Waals surface area contributed by atoms with Crippen LogP contribution in [0.2, 0.25) is 0 Å². The van der Waals surface area contributed by atoms with Crippen LogP contribution in [-0.4, -0.2) is 30.4 Å². The second kappa shape index (κ2) is 4.78. The highest BCUT2D eigenvalue weighted by Gasteiger charge is 2.53. The molecule has 4 rings (SSSR count). The minimum absolute atomic E-state index is 0.0481. The smallest absolute Gasteiger partial charge is 0.275 e. The molecule has 0 aromatic rings. The molecule has 0 aliphatic heterocycles. The fourth-order valence-corrected chi connectivity index (χ4v) is 4.99. The van der Waals surface area contributed by atoms with Crippen molar-refractivity contribution in [2.24, 2.45) is 23.5 Å². The maximum atomic E-state index is 11.7. The van der Waals surface area contributed by atoms with Gasteiger partial charge in [0.25, 0.3) is 5.91 Å². The summed E-state index contributed by atoms with van der Waals surface area (Å²) in [6, 6.07) is 0. The number of hydrogen-bond donors (Lipinski definition) is 3. The molecule has 0 heterocycles. The molecule has 5 heteroatoms. The molecule has 4 aliphatic carbocycles. The highest BCUT2D eigenvalue weighted by molar-refractivity contribution is 5.83. The van der Waals surface area contributed by atoms with Crippen molar-refractivity contribution in [2.75, 3.05) is 13.1 Å². The molecule has 4 aliphatic rings. The van der Waals surface area contributed by atoms with Crippen molar-refractivity contribution in [3.8, 4) is 0 Å². The van der Waals surface area contributed by atoms with E-state index in [1.54, 1.807) is 0 Å². The first-order chi connectivity index (χ1) is 9.05. The Kier molecular flexibility index (Phi) is 3.25. The second-order valence-corrected chi connectivity index (χ2v) is 6.93. The van der Waals surface area contributed by atoms with Crippen LogP contribution in [0.25, 0.3) is 0 Å². The number of rotatable bonds is 5. The summed E-state index contributed by atoms with van der Waals surface area (Å²) in [5, 5.41) is 4.81. The van der Waals surface area contributed by atoms with Gasteiger partial charge in [-0.3, -0.25) is 9.59 Å². The van der Waals surface area contributed by atoms with Gasteiger partial charge < -0.3 is 16.4 Å². The first-order valence-corrected chi connectivity index (χ1v) is 7.44. The van der Waals surface area contributed by atoms with Crippen LogP contribution >= 0.6 is 0 Å². The molecule has 2 amide bonds. The summed E-state index contributed by atoms with van der Waals surface area (Å²) >= 11 is 0. The summed E-state index contributed by atoms with van der Waals surface area (Å²) in [5.41, 5.74) is 5.34. The summed E-state index contributed by atoms with van der Waals surface area (Å²) in [6.07, 6.45) is 8.09. The predicted octanol–water partition coefficient (Wildman–Crippen LogP) is -0.880. The lowest BCUT2D eigenvalue weighted by Crippen LogP contribution is -3.00. The Morgan fingerprint density at radius 1 is 1.11 bits per heavy atom. The zero-order chi connectivity index (χ0) is 13.5. The van der Waals surface area contributed by atoms with Gasteiger partial charge in [0.05, 0.1) is 12.1 Å². The standard InChI is InChI=1S/C14H23N3O2/c15-12(18)7-16-13(19)8-17-14-4-9-1-10(5-14)3-11(2-9)6-14/h9-11,17H,1-8H2,(H2,15,18)(H,16,19)/p+1. The molecular weight excluding hydrogens is 242 g/mol. The van der Waals surface area contributed by atoms with Crippen LogP contribution in [-0.2, 0) is 9.59 Å². The Labute approximate surface area is 113 Å². The number of primary amides is 1. The highest BCUT2D eigenvalue weighted by atomic mass is 16.2. The zero-order valence-electron chi connectivity index (χ0n) is 11.4. The molecule has 5 N–H and O–H groups in total. The van der Waals surface area contributed by atoms with E-state index in [1.165, 1.54) is 38.5 Å². The van der Waals surface area contributed by atoms with Crippen molar-refractivity contribution in [3.63, 3.8) is 0 Å². The average Bonchev–Trinajstić information content (AvgIpc) is 2.32. The molecule has 19 heavy (non-hydrogen) atoms. The van der Waals surface area contributed by atoms with Crippen molar-refractivity contribution in [1.82, 2.24) is 5.32 Å². The van der Waals surface area contributed by atoms with Gasteiger partial charge in [-0.05, 0) is 37.0 Å². The van der Waals surface area contributed by atoms with Crippen LogP contribution in [0.15, 0.2) is 0 Å². The molecular formula is C14H24N3O2+. The second-order valence-electron chi connectivity index (χ2n) is 6.93. The van der Waals surface area contributed by atoms with E-state index < -0.39 is 5.91 Å². The van der Waals surface area contributed by atoms with Crippen molar-refractivity contribution in [3.05, 3.63) is 0 Å². The predicted molar refractivity (Wildman–Crippen MR) is 69.9 cm³/mol. The van der Waals surface area contributed by atoms with E-state index in [2.05, 4.69) is 10.6 Å². The van der Waals surface area contributed by atoms with Crippen molar-refractivity contribution < 1.29 is 14.9 Å². The van der Waals surface area contributed by atoms with E-state index in [4.69, 9.17) is 5.73 Å². The summed E-state index contributed by atoms with van der Waals surface area (Å²) in [6.45, 7) is 0.382.